The molecule has 1 rings (SSSR count). The van der Waals surface area contributed by atoms with Gasteiger partial charge in [0.15, 0.2) is 0 Å². The topological polar surface area (TPSA) is 25.2 Å². The molecule has 0 spiro atoms. The lowest BCUT2D eigenvalue weighted by Gasteiger charge is -2.23. The minimum absolute atomic E-state index is 0.0110. The van der Waals surface area contributed by atoms with Crippen molar-refractivity contribution in [1.29, 1.82) is 0 Å². The van der Waals surface area contributed by atoms with Crippen molar-refractivity contribution < 1.29 is 4.42 Å². The zero-order valence-corrected chi connectivity index (χ0v) is 7.56. The number of rotatable bonds is 2. The predicted molar refractivity (Wildman–Crippen MR) is 45.5 cm³/mol. The van der Waals surface area contributed by atoms with Crippen LogP contribution in [0.4, 0.5) is 0 Å². The van der Waals surface area contributed by atoms with Crippen LogP contribution >= 0.6 is 0 Å². The van der Waals surface area contributed by atoms with Gasteiger partial charge < -0.3 is 9.73 Å². The van der Waals surface area contributed by atoms with E-state index in [1.807, 2.05) is 20.0 Å². The molecular weight excluding hydrogens is 138 g/mol. The number of nitrogens with one attached hydrogen (secondary N) is 1. The maximum Gasteiger partial charge on any atom is 0.105 e. The zero-order valence-electron chi connectivity index (χ0n) is 7.56. The molecule has 0 bridgehead atoms. The number of furan rings is 1. The molecule has 0 fully saturated rings. The molecule has 0 saturated heterocycles. The Morgan fingerprint density at radius 2 is 2.09 bits per heavy atom. The molecule has 2 nitrogen and oxygen atoms in total. The first-order valence-corrected chi connectivity index (χ1v) is 3.81. The molecule has 0 aliphatic heterocycles. The van der Waals surface area contributed by atoms with Crippen LogP contribution in [0.5, 0.6) is 0 Å². The van der Waals surface area contributed by atoms with Crippen molar-refractivity contribution in [3.05, 3.63) is 23.7 Å². The molecule has 0 aliphatic rings. The third-order valence-electron chi connectivity index (χ3n) is 2.16. The molecule has 1 aromatic rings. The van der Waals surface area contributed by atoms with Crippen LogP contribution in [0.2, 0.25) is 0 Å². The maximum atomic E-state index is 5.21. The van der Waals surface area contributed by atoms with Gasteiger partial charge in [0.2, 0.25) is 0 Å². The summed E-state index contributed by atoms with van der Waals surface area (Å²) in [5.74, 6) is 0.990. The van der Waals surface area contributed by atoms with Gasteiger partial charge in [-0.15, -0.1) is 0 Å². The highest BCUT2D eigenvalue weighted by molar-refractivity contribution is 5.23. The van der Waals surface area contributed by atoms with Crippen LogP contribution in [0.25, 0.3) is 0 Å². The molecule has 62 valence electrons. The van der Waals surface area contributed by atoms with Crippen LogP contribution in [-0.4, -0.2) is 7.05 Å². The van der Waals surface area contributed by atoms with E-state index in [1.165, 1.54) is 5.56 Å². The Balaban J connectivity index is 3.00. The van der Waals surface area contributed by atoms with E-state index in [2.05, 4.69) is 19.2 Å². The minimum atomic E-state index is 0.0110. The smallest absolute Gasteiger partial charge is 0.105 e. The van der Waals surface area contributed by atoms with Gasteiger partial charge in [-0.2, -0.15) is 0 Å². The highest BCUT2D eigenvalue weighted by Gasteiger charge is 2.21. The molecule has 0 radical (unpaired) electrons. The van der Waals surface area contributed by atoms with Crippen LogP contribution in [0.3, 0.4) is 0 Å². The van der Waals surface area contributed by atoms with Crippen molar-refractivity contribution in [2.24, 2.45) is 0 Å². The van der Waals surface area contributed by atoms with Gasteiger partial charge in [0, 0.05) is 11.1 Å². The second-order valence-corrected chi connectivity index (χ2v) is 3.27. The van der Waals surface area contributed by atoms with Crippen molar-refractivity contribution >= 4 is 0 Å². The van der Waals surface area contributed by atoms with E-state index < -0.39 is 0 Å². The largest absolute Gasteiger partial charge is 0.469 e. The quantitative estimate of drug-likeness (QED) is 0.703. The normalized spacial score (nSPS) is 12.0. The third kappa shape index (κ3) is 1.46. The van der Waals surface area contributed by atoms with Crippen molar-refractivity contribution in [1.82, 2.24) is 5.32 Å². The van der Waals surface area contributed by atoms with E-state index in [0.29, 0.717) is 0 Å². The number of aryl methyl sites for hydroxylation is 1. The standard InChI is InChI=1S/C9H15NO/c1-7-8(5-6-11-7)9(2,3)10-4/h5-6,10H,1-4H3. The molecule has 1 aromatic heterocycles. The van der Waals surface area contributed by atoms with E-state index in [4.69, 9.17) is 4.42 Å². The van der Waals surface area contributed by atoms with Gasteiger partial charge in [-0.05, 0) is 33.9 Å². The van der Waals surface area contributed by atoms with E-state index in [-0.39, 0.29) is 5.54 Å². The van der Waals surface area contributed by atoms with Crippen molar-refractivity contribution in [2.75, 3.05) is 7.05 Å². The average molecular weight is 153 g/mol. The summed E-state index contributed by atoms with van der Waals surface area (Å²) in [5.41, 5.74) is 1.23. The molecule has 0 atom stereocenters. The Labute approximate surface area is 67.6 Å². The van der Waals surface area contributed by atoms with Crippen LogP contribution in [0, 0.1) is 6.92 Å². The fourth-order valence-electron chi connectivity index (χ4n) is 1.17. The monoisotopic (exact) mass is 153 g/mol. The fraction of sp³-hybridized carbons (Fsp3) is 0.556. The Morgan fingerprint density at radius 1 is 1.45 bits per heavy atom. The molecule has 11 heavy (non-hydrogen) atoms. The first-order valence-electron chi connectivity index (χ1n) is 3.81. The fourth-order valence-corrected chi connectivity index (χ4v) is 1.17. The summed E-state index contributed by atoms with van der Waals surface area (Å²) in [4.78, 5) is 0. The second-order valence-electron chi connectivity index (χ2n) is 3.27. The lowest BCUT2D eigenvalue weighted by molar-refractivity contribution is 0.428. The predicted octanol–water partition coefficient (Wildman–Crippen LogP) is 2.04. The van der Waals surface area contributed by atoms with Crippen molar-refractivity contribution in [2.45, 2.75) is 26.3 Å². The van der Waals surface area contributed by atoms with Gasteiger partial charge >= 0.3 is 0 Å². The Hall–Kier alpha value is -0.760. The Morgan fingerprint density at radius 3 is 2.45 bits per heavy atom. The second kappa shape index (κ2) is 2.70. The first-order chi connectivity index (χ1) is 5.08. The van der Waals surface area contributed by atoms with E-state index in [1.54, 1.807) is 6.26 Å². The van der Waals surface area contributed by atoms with E-state index in [9.17, 15) is 0 Å². The highest BCUT2D eigenvalue weighted by Crippen LogP contribution is 2.23. The molecule has 2 heteroatoms. The molecule has 0 amide bonds. The van der Waals surface area contributed by atoms with Crippen LogP contribution < -0.4 is 5.32 Å². The van der Waals surface area contributed by atoms with E-state index >= 15 is 0 Å². The summed E-state index contributed by atoms with van der Waals surface area (Å²) < 4.78 is 5.21. The third-order valence-corrected chi connectivity index (χ3v) is 2.16. The van der Waals surface area contributed by atoms with Gasteiger partial charge in [-0.3, -0.25) is 0 Å². The highest BCUT2D eigenvalue weighted by atomic mass is 16.3. The SMILES string of the molecule is CNC(C)(C)c1ccoc1C. The summed E-state index contributed by atoms with van der Waals surface area (Å²) in [5, 5.41) is 3.22. The van der Waals surface area contributed by atoms with Crippen LogP contribution in [0.1, 0.15) is 25.2 Å². The molecular formula is C9H15NO. The summed E-state index contributed by atoms with van der Waals surface area (Å²) in [6.07, 6.45) is 1.73. The maximum absolute atomic E-state index is 5.21. The molecule has 0 saturated carbocycles. The van der Waals surface area contributed by atoms with Crippen LogP contribution in [0.15, 0.2) is 16.7 Å². The van der Waals surface area contributed by atoms with Gasteiger partial charge in [-0.1, -0.05) is 0 Å². The van der Waals surface area contributed by atoms with Crippen molar-refractivity contribution in [3.8, 4) is 0 Å². The Bertz CT molecular complexity index is 237. The average Bonchev–Trinajstić information content (AvgIpc) is 2.36. The first kappa shape index (κ1) is 8.34. The zero-order chi connectivity index (χ0) is 8.48. The van der Waals surface area contributed by atoms with Gasteiger partial charge in [0.1, 0.15) is 5.76 Å². The van der Waals surface area contributed by atoms with Gasteiger partial charge in [-0.25, -0.2) is 0 Å². The lowest BCUT2D eigenvalue weighted by atomic mass is 9.95. The summed E-state index contributed by atoms with van der Waals surface area (Å²) in [7, 11) is 1.95. The number of hydrogen-bond acceptors (Lipinski definition) is 2. The van der Waals surface area contributed by atoms with Gasteiger partial charge in [0.05, 0.1) is 6.26 Å². The summed E-state index contributed by atoms with van der Waals surface area (Å²) in [6.45, 7) is 6.24. The molecule has 0 aromatic carbocycles. The summed E-state index contributed by atoms with van der Waals surface area (Å²) in [6, 6.07) is 2.01. The van der Waals surface area contributed by atoms with Crippen LogP contribution in [-0.2, 0) is 5.54 Å². The molecule has 1 N–H and O–H groups in total. The molecule has 0 aliphatic carbocycles. The van der Waals surface area contributed by atoms with Gasteiger partial charge in [0.25, 0.3) is 0 Å². The van der Waals surface area contributed by atoms with E-state index in [0.717, 1.165) is 5.76 Å². The summed E-state index contributed by atoms with van der Waals surface area (Å²) >= 11 is 0. The minimum Gasteiger partial charge on any atom is -0.469 e. The Kier molecular flexibility index (Phi) is 2.05. The molecule has 0 unspecified atom stereocenters. The number of hydrogen-bond donors (Lipinski definition) is 1. The van der Waals surface area contributed by atoms with Crippen molar-refractivity contribution in [3.63, 3.8) is 0 Å². The lowest BCUT2D eigenvalue weighted by Crippen LogP contribution is -2.33. The molecule has 1 heterocycles.